The van der Waals surface area contributed by atoms with Gasteiger partial charge in [-0.15, -0.1) is 0 Å². The van der Waals surface area contributed by atoms with Crippen molar-refractivity contribution in [3.8, 4) is 11.5 Å². The first-order valence-corrected chi connectivity index (χ1v) is 7.66. The molecule has 3 aromatic rings. The van der Waals surface area contributed by atoms with Gasteiger partial charge in [0.2, 0.25) is 5.95 Å². The Bertz CT molecular complexity index is 850. The Kier molecular flexibility index (Phi) is 4.98. The van der Waals surface area contributed by atoms with E-state index in [9.17, 15) is 0 Å². The molecule has 0 aliphatic carbocycles. The van der Waals surface area contributed by atoms with Crippen molar-refractivity contribution in [3.05, 3.63) is 47.9 Å². The number of aromatic nitrogens is 3. The Labute approximate surface area is 145 Å². The molecule has 130 valence electrons. The van der Waals surface area contributed by atoms with E-state index in [0.717, 1.165) is 11.3 Å². The van der Waals surface area contributed by atoms with E-state index < -0.39 is 0 Å². The standard InChI is InChI=1S/C17H19N5O3/c1-11-8-16(22-25-11)20-15-6-7-18-17(21-15)19-10-12-4-5-13(23-2)14(9-12)24-3/h4-9H,10H2,1-3H3,(H2,18,19,20,21,22). The lowest BCUT2D eigenvalue weighted by Crippen LogP contribution is -2.05. The molecule has 0 radical (unpaired) electrons. The third-order valence-electron chi connectivity index (χ3n) is 3.44. The third kappa shape index (κ3) is 4.17. The summed E-state index contributed by atoms with van der Waals surface area (Å²) in [6.07, 6.45) is 1.67. The molecule has 0 fully saturated rings. The van der Waals surface area contributed by atoms with Gasteiger partial charge in [0.25, 0.3) is 0 Å². The number of benzene rings is 1. The van der Waals surface area contributed by atoms with Gasteiger partial charge < -0.3 is 24.6 Å². The molecule has 0 spiro atoms. The van der Waals surface area contributed by atoms with Gasteiger partial charge in [0, 0.05) is 18.8 Å². The minimum absolute atomic E-state index is 0.500. The molecule has 0 atom stereocenters. The zero-order valence-electron chi connectivity index (χ0n) is 14.2. The van der Waals surface area contributed by atoms with Crippen molar-refractivity contribution in [1.29, 1.82) is 0 Å². The topological polar surface area (TPSA) is 94.3 Å². The van der Waals surface area contributed by atoms with Gasteiger partial charge in [-0.25, -0.2) is 4.98 Å². The average molecular weight is 341 g/mol. The van der Waals surface area contributed by atoms with E-state index in [2.05, 4.69) is 25.8 Å². The second kappa shape index (κ2) is 7.52. The summed E-state index contributed by atoms with van der Waals surface area (Å²) in [5.41, 5.74) is 1.02. The molecule has 0 saturated carbocycles. The summed E-state index contributed by atoms with van der Waals surface area (Å²) in [6, 6.07) is 9.27. The molecule has 0 bridgehead atoms. The molecule has 0 aliphatic rings. The second-order valence-electron chi connectivity index (χ2n) is 5.26. The smallest absolute Gasteiger partial charge is 0.224 e. The first-order chi connectivity index (χ1) is 12.2. The molecule has 25 heavy (non-hydrogen) atoms. The van der Waals surface area contributed by atoms with Crippen LogP contribution < -0.4 is 20.1 Å². The van der Waals surface area contributed by atoms with Crippen molar-refractivity contribution < 1.29 is 14.0 Å². The highest BCUT2D eigenvalue weighted by Crippen LogP contribution is 2.27. The van der Waals surface area contributed by atoms with Crippen molar-refractivity contribution in [2.45, 2.75) is 13.5 Å². The van der Waals surface area contributed by atoms with Gasteiger partial charge in [-0.2, -0.15) is 4.98 Å². The van der Waals surface area contributed by atoms with Crippen LogP contribution in [0.2, 0.25) is 0 Å². The molecule has 2 heterocycles. The van der Waals surface area contributed by atoms with Crippen molar-refractivity contribution in [1.82, 2.24) is 15.1 Å². The summed E-state index contributed by atoms with van der Waals surface area (Å²) in [6.45, 7) is 2.38. The molecule has 2 aromatic heterocycles. The van der Waals surface area contributed by atoms with Crippen molar-refractivity contribution in [2.75, 3.05) is 24.9 Å². The minimum Gasteiger partial charge on any atom is -0.493 e. The fraction of sp³-hybridized carbons (Fsp3) is 0.235. The van der Waals surface area contributed by atoms with Crippen LogP contribution in [0.3, 0.4) is 0 Å². The largest absolute Gasteiger partial charge is 0.493 e. The lowest BCUT2D eigenvalue weighted by molar-refractivity contribution is 0.354. The van der Waals surface area contributed by atoms with Gasteiger partial charge in [0.1, 0.15) is 11.6 Å². The Morgan fingerprint density at radius 1 is 1.04 bits per heavy atom. The molecule has 8 heteroatoms. The van der Waals surface area contributed by atoms with E-state index in [1.54, 1.807) is 32.5 Å². The fourth-order valence-corrected chi connectivity index (χ4v) is 2.24. The molecule has 0 aliphatic heterocycles. The number of nitrogens with one attached hydrogen (secondary N) is 2. The van der Waals surface area contributed by atoms with Gasteiger partial charge in [-0.1, -0.05) is 11.2 Å². The maximum Gasteiger partial charge on any atom is 0.224 e. The van der Waals surface area contributed by atoms with Crippen molar-refractivity contribution in [3.63, 3.8) is 0 Å². The van der Waals surface area contributed by atoms with E-state index in [4.69, 9.17) is 14.0 Å². The number of anilines is 3. The fourth-order valence-electron chi connectivity index (χ4n) is 2.24. The predicted octanol–water partition coefficient (Wildman–Crippen LogP) is 3.15. The minimum atomic E-state index is 0.500. The molecule has 3 rings (SSSR count). The van der Waals surface area contributed by atoms with Gasteiger partial charge in [0.15, 0.2) is 17.3 Å². The molecular formula is C17H19N5O3. The normalized spacial score (nSPS) is 10.4. The van der Waals surface area contributed by atoms with Crippen LogP contribution in [0.1, 0.15) is 11.3 Å². The maximum absolute atomic E-state index is 5.31. The van der Waals surface area contributed by atoms with Crippen LogP contribution in [0.4, 0.5) is 17.6 Å². The summed E-state index contributed by atoms with van der Waals surface area (Å²) in [7, 11) is 3.22. The van der Waals surface area contributed by atoms with Crippen molar-refractivity contribution in [2.24, 2.45) is 0 Å². The van der Waals surface area contributed by atoms with Gasteiger partial charge in [-0.3, -0.25) is 0 Å². The first kappa shape index (κ1) is 16.6. The summed E-state index contributed by atoms with van der Waals surface area (Å²) in [5, 5.41) is 10.1. The summed E-state index contributed by atoms with van der Waals surface area (Å²) in [4.78, 5) is 8.61. The maximum atomic E-state index is 5.31. The highest BCUT2D eigenvalue weighted by Gasteiger charge is 2.06. The summed E-state index contributed by atoms with van der Waals surface area (Å²) < 4.78 is 15.6. The zero-order chi connectivity index (χ0) is 17.6. The van der Waals surface area contributed by atoms with E-state index in [0.29, 0.717) is 35.6 Å². The van der Waals surface area contributed by atoms with Crippen LogP contribution in [0.5, 0.6) is 11.5 Å². The van der Waals surface area contributed by atoms with Gasteiger partial charge in [0.05, 0.1) is 14.2 Å². The second-order valence-corrected chi connectivity index (χ2v) is 5.26. The highest BCUT2D eigenvalue weighted by molar-refractivity contribution is 5.52. The van der Waals surface area contributed by atoms with E-state index >= 15 is 0 Å². The molecule has 0 unspecified atom stereocenters. The van der Waals surface area contributed by atoms with Crippen molar-refractivity contribution >= 4 is 17.6 Å². The van der Waals surface area contributed by atoms with Crippen LogP contribution in [0, 0.1) is 6.92 Å². The molecular weight excluding hydrogens is 322 g/mol. The van der Waals surface area contributed by atoms with E-state index in [-0.39, 0.29) is 0 Å². The lowest BCUT2D eigenvalue weighted by atomic mass is 10.2. The quantitative estimate of drug-likeness (QED) is 0.677. The lowest BCUT2D eigenvalue weighted by Gasteiger charge is -2.10. The number of aryl methyl sites for hydroxylation is 1. The van der Waals surface area contributed by atoms with Gasteiger partial charge in [-0.05, 0) is 30.7 Å². The molecule has 8 nitrogen and oxygen atoms in total. The first-order valence-electron chi connectivity index (χ1n) is 7.66. The highest BCUT2D eigenvalue weighted by atomic mass is 16.5. The Morgan fingerprint density at radius 2 is 1.88 bits per heavy atom. The Hall–Kier alpha value is -3.29. The summed E-state index contributed by atoms with van der Waals surface area (Å²) >= 11 is 0. The molecule has 0 amide bonds. The zero-order valence-corrected chi connectivity index (χ0v) is 14.2. The Morgan fingerprint density at radius 3 is 2.60 bits per heavy atom. The number of methoxy groups -OCH3 is 2. The van der Waals surface area contributed by atoms with Gasteiger partial charge >= 0.3 is 0 Å². The van der Waals surface area contributed by atoms with E-state index in [1.165, 1.54) is 0 Å². The molecule has 0 saturated heterocycles. The number of hydrogen-bond donors (Lipinski definition) is 2. The Balaban J connectivity index is 1.66. The van der Waals surface area contributed by atoms with Crippen LogP contribution >= 0.6 is 0 Å². The van der Waals surface area contributed by atoms with Crippen LogP contribution in [-0.4, -0.2) is 29.3 Å². The monoisotopic (exact) mass is 341 g/mol. The number of rotatable bonds is 7. The number of hydrogen-bond acceptors (Lipinski definition) is 8. The third-order valence-corrected chi connectivity index (χ3v) is 3.44. The SMILES string of the molecule is COc1ccc(CNc2nccc(Nc3cc(C)on3)n2)cc1OC. The van der Waals surface area contributed by atoms with Crippen LogP contribution in [0.25, 0.3) is 0 Å². The number of nitrogens with zero attached hydrogens (tertiary/aromatic N) is 3. The number of ether oxygens (including phenoxy) is 2. The van der Waals surface area contributed by atoms with Crippen LogP contribution in [0.15, 0.2) is 41.1 Å². The van der Waals surface area contributed by atoms with Crippen LogP contribution in [-0.2, 0) is 6.54 Å². The summed E-state index contributed by atoms with van der Waals surface area (Å²) in [5.74, 6) is 3.82. The molecule has 2 N–H and O–H groups in total. The average Bonchev–Trinajstić information content (AvgIpc) is 3.04. The molecule has 1 aromatic carbocycles. The predicted molar refractivity (Wildman–Crippen MR) is 93.4 cm³/mol. The van der Waals surface area contributed by atoms with E-state index in [1.807, 2.05) is 25.1 Å².